The van der Waals surface area contributed by atoms with Crippen LogP contribution in [0, 0.1) is 0 Å². The van der Waals surface area contributed by atoms with E-state index < -0.39 is 0 Å². The van der Waals surface area contributed by atoms with Crippen molar-refractivity contribution >= 4 is 33.6 Å². The van der Waals surface area contributed by atoms with Crippen LogP contribution in [-0.4, -0.2) is 36.2 Å². The summed E-state index contributed by atoms with van der Waals surface area (Å²) in [4.78, 5) is 14.7. The molecule has 100 valence electrons. The molecule has 1 atom stereocenters. The Hall–Kier alpha value is -0.520. The minimum Gasteiger partial charge on any atom is -0.342 e. The minimum absolute atomic E-state index is 0.107. The van der Waals surface area contributed by atoms with E-state index in [1.165, 1.54) is 4.90 Å². The van der Waals surface area contributed by atoms with Gasteiger partial charge < -0.3 is 10.6 Å². The standard InChI is InChI=1S/C13H19BrN2OS/c1-10(9-15)16(2)13(17)7-8-18-12-5-3-11(14)4-6-12/h3-6,10H,7-9,15H2,1-2H3. The zero-order chi connectivity index (χ0) is 13.5. The summed E-state index contributed by atoms with van der Waals surface area (Å²) in [6.45, 7) is 2.46. The molecule has 0 saturated carbocycles. The van der Waals surface area contributed by atoms with Gasteiger partial charge in [0.1, 0.15) is 0 Å². The molecule has 0 saturated heterocycles. The fourth-order valence-electron chi connectivity index (χ4n) is 1.37. The van der Waals surface area contributed by atoms with Crippen molar-refractivity contribution in [1.29, 1.82) is 0 Å². The highest BCUT2D eigenvalue weighted by Crippen LogP contribution is 2.21. The molecule has 1 rings (SSSR count). The molecule has 0 aromatic heterocycles. The Balaban J connectivity index is 2.33. The molecular weight excluding hydrogens is 312 g/mol. The highest BCUT2D eigenvalue weighted by atomic mass is 79.9. The van der Waals surface area contributed by atoms with Gasteiger partial charge in [0.15, 0.2) is 0 Å². The van der Waals surface area contributed by atoms with Gasteiger partial charge in [-0.15, -0.1) is 11.8 Å². The van der Waals surface area contributed by atoms with Crippen LogP contribution in [0.15, 0.2) is 33.6 Å². The van der Waals surface area contributed by atoms with Gasteiger partial charge in [0.25, 0.3) is 0 Å². The van der Waals surface area contributed by atoms with Crippen molar-refractivity contribution in [3.05, 3.63) is 28.7 Å². The Morgan fingerprint density at radius 3 is 2.61 bits per heavy atom. The van der Waals surface area contributed by atoms with Crippen molar-refractivity contribution < 1.29 is 4.79 Å². The van der Waals surface area contributed by atoms with E-state index in [4.69, 9.17) is 5.73 Å². The molecule has 0 fully saturated rings. The second-order valence-corrected chi connectivity index (χ2v) is 6.23. The Bertz CT molecular complexity index is 383. The van der Waals surface area contributed by atoms with Crippen molar-refractivity contribution in [2.75, 3.05) is 19.3 Å². The molecule has 0 aliphatic rings. The smallest absolute Gasteiger partial charge is 0.223 e. The summed E-state index contributed by atoms with van der Waals surface area (Å²) in [5, 5.41) is 0. The maximum atomic E-state index is 11.8. The van der Waals surface area contributed by atoms with Crippen LogP contribution in [0.4, 0.5) is 0 Å². The normalized spacial score (nSPS) is 12.2. The summed E-state index contributed by atoms with van der Waals surface area (Å²) < 4.78 is 1.07. The molecule has 18 heavy (non-hydrogen) atoms. The molecule has 0 aliphatic heterocycles. The highest BCUT2D eigenvalue weighted by molar-refractivity contribution is 9.10. The number of benzene rings is 1. The molecule has 1 aromatic carbocycles. The number of carbonyl (C=O) groups is 1. The van der Waals surface area contributed by atoms with Crippen molar-refractivity contribution in [2.45, 2.75) is 24.3 Å². The summed E-state index contributed by atoms with van der Waals surface area (Å²) in [5.41, 5.74) is 5.54. The van der Waals surface area contributed by atoms with Crippen molar-refractivity contribution in [2.24, 2.45) is 5.73 Å². The van der Waals surface area contributed by atoms with E-state index in [9.17, 15) is 4.79 Å². The van der Waals surface area contributed by atoms with E-state index in [1.54, 1.807) is 16.7 Å². The Morgan fingerprint density at radius 2 is 2.06 bits per heavy atom. The van der Waals surface area contributed by atoms with Crippen LogP contribution in [0.2, 0.25) is 0 Å². The molecule has 0 heterocycles. The number of rotatable bonds is 6. The van der Waals surface area contributed by atoms with Crippen LogP contribution in [-0.2, 0) is 4.79 Å². The summed E-state index contributed by atoms with van der Waals surface area (Å²) in [6.07, 6.45) is 0.543. The predicted molar refractivity (Wildman–Crippen MR) is 80.8 cm³/mol. The van der Waals surface area contributed by atoms with Crippen LogP contribution >= 0.6 is 27.7 Å². The molecule has 3 nitrogen and oxygen atoms in total. The molecular formula is C13H19BrN2OS. The third kappa shape index (κ3) is 5.00. The highest BCUT2D eigenvalue weighted by Gasteiger charge is 2.13. The van der Waals surface area contributed by atoms with Crippen molar-refractivity contribution in [1.82, 2.24) is 4.90 Å². The lowest BCUT2D eigenvalue weighted by molar-refractivity contribution is -0.131. The van der Waals surface area contributed by atoms with E-state index in [2.05, 4.69) is 15.9 Å². The number of nitrogens with zero attached hydrogens (tertiary/aromatic N) is 1. The maximum absolute atomic E-state index is 11.8. The Labute approximate surface area is 121 Å². The molecule has 1 unspecified atom stereocenters. The summed E-state index contributed by atoms with van der Waals surface area (Å²) in [6, 6.07) is 8.21. The van der Waals surface area contributed by atoms with Gasteiger partial charge in [-0.2, -0.15) is 0 Å². The second kappa shape index (κ2) is 7.81. The largest absolute Gasteiger partial charge is 0.342 e. The van der Waals surface area contributed by atoms with Gasteiger partial charge in [-0.05, 0) is 31.2 Å². The number of thioether (sulfide) groups is 1. The zero-order valence-electron chi connectivity index (χ0n) is 10.7. The SMILES string of the molecule is CC(CN)N(C)C(=O)CCSc1ccc(Br)cc1. The van der Waals surface area contributed by atoms with Gasteiger partial charge >= 0.3 is 0 Å². The molecule has 2 N–H and O–H groups in total. The third-order valence-corrected chi connectivity index (χ3v) is 4.34. The first-order valence-corrected chi connectivity index (χ1v) is 7.66. The average molecular weight is 331 g/mol. The van der Waals surface area contributed by atoms with Gasteiger partial charge in [-0.1, -0.05) is 15.9 Å². The number of likely N-dealkylation sites (N-methyl/N-ethyl adjacent to an activating group) is 1. The molecule has 0 bridgehead atoms. The molecule has 1 amide bonds. The van der Waals surface area contributed by atoms with Gasteiger partial charge in [0.05, 0.1) is 0 Å². The van der Waals surface area contributed by atoms with Gasteiger partial charge in [0, 0.05) is 41.2 Å². The second-order valence-electron chi connectivity index (χ2n) is 4.14. The van der Waals surface area contributed by atoms with Crippen LogP contribution < -0.4 is 5.73 Å². The van der Waals surface area contributed by atoms with Crippen LogP contribution in [0.1, 0.15) is 13.3 Å². The molecule has 1 aromatic rings. The lowest BCUT2D eigenvalue weighted by atomic mass is 10.3. The summed E-state index contributed by atoms with van der Waals surface area (Å²) in [7, 11) is 1.81. The van der Waals surface area contributed by atoms with Crippen molar-refractivity contribution in [3.63, 3.8) is 0 Å². The zero-order valence-corrected chi connectivity index (χ0v) is 13.1. The lowest BCUT2D eigenvalue weighted by Gasteiger charge is -2.23. The topological polar surface area (TPSA) is 46.3 Å². The van der Waals surface area contributed by atoms with E-state index >= 15 is 0 Å². The van der Waals surface area contributed by atoms with E-state index in [-0.39, 0.29) is 11.9 Å². The van der Waals surface area contributed by atoms with Gasteiger partial charge in [0.2, 0.25) is 5.91 Å². The number of halogens is 1. The minimum atomic E-state index is 0.107. The summed E-state index contributed by atoms with van der Waals surface area (Å²) >= 11 is 5.09. The lowest BCUT2D eigenvalue weighted by Crippen LogP contribution is -2.39. The molecule has 0 aliphatic carbocycles. The quantitative estimate of drug-likeness (QED) is 0.816. The fraction of sp³-hybridized carbons (Fsp3) is 0.462. The Kier molecular flexibility index (Phi) is 6.75. The molecule has 0 radical (unpaired) electrons. The van der Waals surface area contributed by atoms with Crippen molar-refractivity contribution in [3.8, 4) is 0 Å². The summed E-state index contributed by atoms with van der Waals surface area (Å²) in [5.74, 6) is 0.944. The fourth-order valence-corrected chi connectivity index (χ4v) is 2.47. The first kappa shape index (κ1) is 15.5. The number of nitrogens with two attached hydrogens (primary N) is 1. The number of hydrogen-bond donors (Lipinski definition) is 1. The number of hydrogen-bond acceptors (Lipinski definition) is 3. The van der Waals surface area contributed by atoms with Crippen LogP contribution in [0.25, 0.3) is 0 Å². The number of amides is 1. The van der Waals surface area contributed by atoms with E-state index in [0.717, 1.165) is 10.2 Å². The monoisotopic (exact) mass is 330 g/mol. The first-order chi connectivity index (χ1) is 8.54. The first-order valence-electron chi connectivity index (χ1n) is 5.88. The molecule has 5 heteroatoms. The van der Waals surface area contributed by atoms with Crippen LogP contribution in [0.3, 0.4) is 0 Å². The Morgan fingerprint density at radius 1 is 1.44 bits per heavy atom. The van der Waals surface area contributed by atoms with Gasteiger partial charge in [-0.25, -0.2) is 0 Å². The molecule has 0 spiro atoms. The van der Waals surface area contributed by atoms with E-state index in [1.807, 2.05) is 38.2 Å². The van der Waals surface area contributed by atoms with Gasteiger partial charge in [-0.3, -0.25) is 4.79 Å². The average Bonchev–Trinajstić information content (AvgIpc) is 2.39. The number of carbonyl (C=O) groups excluding carboxylic acids is 1. The third-order valence-electron chi connectivity index (χ3n) is 2.79. The predicted octanol–water partition coefficient (Wildman–Crippen LogP) is 2.74. The van der Waals surface area contributed by atoms with E-state index in [0.29, 0.717) is 13.0 Å². The van der Waals surface area contributed by atoms with Crippen LogP contribution in [0.5, 0.6) is 0 Å². The maximum Gasteiger partial charge on any atom is 0.223 e.